The van der Waals surface area contributed by atoms with Gasteiger partial charge in [-0.1, -0.05) is 19.1 Å². The molecule has 1 aromatic rings. The number of benzene rings is 1. The van der Waals surface area contributed by atoms with E-state index in [2.05, 4.69) is 0 Å². The predicted molar refractivity (Wildman–Crippen MR) is 75.8 cm³/mol. The van der Waals surface area contributed by atoms with Crippen LogP contribution in [0, 0.1) is 28.6 Å². The molecule has 106 valence electrons. The molecule has 0 radical (unpaired) electrons. The molecule has 0 saturated heterocycles. The minimum atomic E-state index is -3.45. The molecule has 20 heavy (non-hydrogen) atoms. The van der Waals surface area contributed by atoms with E-state index in [1.165, 1.54) is 4.31 Å². The van der Waals surface area contributed by atoms with Crippen LogP contribution in [0.4, 0.5) is 0 Å². The molecule has 1 rings (SSSR count). The summed E-state index contributed by atoms with van der Waals surface area (Å²) in [5.41, 5.74) is 1.13. The van der Waals surface area contributed by atoms with E-state index < -0.39 is 10.0 Å². The summed E-state index contributed by atoms with van der Waals surface area (Å²) in [5, 5.41) is 17.5. The van der Waals surface area contributed by atoms with Crippen molar-refractivity contribution in [3.8, 4) is 12.1 Å². The van der Waals surface area contributed by atoms with Gasteiger partial charge >= 0.3 is 0 Å². The highest BCUT2D eigenvalue weighted by Crippen LogP contribution is 2.13. The lowest BCUT2D eigenvalue weighted by molar-refractivity contribution is 0.399. The third-order valence-corrected chi connectivity index (χ3v) is 4.77. The standard InChI is InChI=1S/C14H17N3O2S/c1-3-17(10-12(2)8-15)20(18,19)11-14-6-4-13(9-16)5-7-14/h4-7,12H,3,10-11H2,1-2H3. The van der Waals surface area contributed by atoms with E-state index >= 15 is 0 Å². The van der Waals surface area contributed by atoms with Crippen LogP contribution in [0.25, 0.3) is 0 Å². The van der Waals surface area contributed by atoms with Crippen molar-refractivity contribution in [2.45, 2.75) is 19.6 Å². The van der Waals surface area contributed by atoms with Crippen molar-refractivity contribution >= 4 is 10.0 Å². The van der Waals surface area contributed by atoms with E-state index in [0.29, 0.717) is 17.7 Å². The van der Waals surface area contributed by atoms with Crippen molar-refractivity contribution in [3.63, 3.8) is 0 Å². The average molecular weight is 291 g/mol. The Labute approximate surface area is 120 Å². The Morgan fingerprint density at radius 1 is 1.25 bits per heavy atom. The Balaban J connectivity index is 2.87. The number of nitriles is 2. The number of hydrogen-bond donors (Lipinski definition) is 0. The predicted octanol–water partition coefficient (Wildman–Crippen LogP) is 1.87. The van der Waals surface area contributed by atoms with E-state index in [9.17, 15) is 8.42 Å². The van der Waals surface area contributed by atoms with Crippen LogP contribution in [0.2, 0.25) is 0 Å². The topological polar surface area (TPSA) is 85.0 Å². The second-order valence-electron chi connectivity index (χ2n) is 4.55. The summed E-state index contributed by atoms with van der Waals surface area (Å²) in [5.74, 6) is -0.462. The summed E-state index contributed by atoms with van der Waals surface area (Å²) in [7, 11) is -3.45. The normalized spacial score (nSPS) is 12.7. The molecule has 6 heteroatoms. The summed E-state index contributed by atoms with van der Waals surface area (Å²) in [4.78, 5) is 0. The Hall–Kier alpha value is -1.89. The first-order chi connectivity index (χ1) is 9.42. The van der Waals surface area contributed by atoms with E-state index in [4.69, 9.17) is 10.5 Å². The summed E-state index contributed by atoms with van der Waals surface area (Å²) < 4.78 is 25.9. The zero-order chi connectivity index (χ0) is 15.2. The molecule has 0 amide bonds. The van der Waals surface area contributed by atoms with Gasteiger partial charge in [0.15, 0.2) is 0 Å². The third kappa shape index (κ3) is 4.34. The van der Waals surface area contributed by atoms with Crippen molar-refractivity contribution < 1.29 is 8.42 Å². The fourth-order valence-corrected chi connectivity index (χ4v) is 3.40. The van der Waals surface area contributed by atoms with Crippen LogP contribution in [0.5, 0.6) is 0 Å². The van der Waals surface area contributed by atoms with Gasteiger partial charge in [-0.3, -0.25) is 0 Å². The highest BCUT2D eigenvalue weighted by atomic mass is 32.2. The molecule has 1 unspecified atom stereocenters. The smallest absolute Gasteiger partial charge is 0.212 e. The maximum Gasteiger partial charge on any atom is 0.218 e. The number of sulfonamides is 1. The second kappa shape index (κ2) is 7.04. The van der Waals surface area contributed by atoms with E-state index in [0.717, 1.165) is 0 Å². The van der Waals surface area contributed by atoms with Gasteiger partial charge in [-0.15, -0.1) is 0 Å². The minimum Gasteiger partial charge on any atom is -0.212 e. The first-order valence-corrected chi connectivity index (χ1v) is 7.90. The van der Waals surface area contributed by atoms with Gasteiger partial charge < -0.3 is 0 Å². The molecule has 0 N–H and O–H groups in total. The van der Waals surface area contributed by atoms with Crippen molar-refractivity contribution in [1.82, 2.24) is 4.31 Å². The van der Waals surface area contributed by atoms with Crippen LogP contribution in [0.15, 0.2) is 24.3 Å². The maximum absolute atomic E-state index is 12.3. The van der Waals surface area contributed by atoms with Crippen LogP contribution in [-0.2, 0) is 15.8 Å². The van der Waals surface area contributed by atoms with Gasteiger partial charge in [0.1, 0.15) is 0 Å². The van der Waals surface area contributed by atoms with Crippen molar-refractivity contribution in [1.29, 1.82) is 10.5 Å². The molecular formula is C14H17N3O2S. The van der Waals surface area contributed by atoms with Gasteiger partial charge in [0.05, 0.1) is 29.4 Å². The van der Waals surface area contributed by atoms with Crippen molar-refractivity contribution in [2.75, 3.05) is 13.1 Å². The van der Waals surface area contributed by atoms with Crippen LogP contribution in [0.1, 0.15) is 25.0 Å². The molecule has 0 fully saturated rings. The van der Waals surface area contributed by atoms with Gasteiger partial charge in [-0.05, 0) is 24.6 Å². The number of nitrogens with zero attached hydrogens (tertiary/aromatic N) is 3. The average Bonchev–Trinajstić information content (AvgIpc) is 2.44. The van der Waals surface area contributed by atoms with Crippen molar-refractivity contribution in [3.05, 3.63) is 35.4 Å². The minimum absolute atomic E-state index is 0.120. The number of hydrogen-bond acceptors (Lipinski definition) is 4. The molecule has 5 nitrogen and oxygen atoms in total. The SMILES string of the molecule is CCN(CC(C)C#N)S(=O)(=O)Cc1ccc(C#N)cc1. The highest BCUT2D eigenvalue weighted by molar-refractivity contribution is 7.88. The van der Waals surface area contributed by atoms with E-state index in [-0.39, 0.29) is 18.2 Å². The molecule has 0 aliphatic heterocycles. The van der Waals surface area contributed by atoms with Gasteiger partial charge in [0.2, 0.25) is 10.0 Å². The molecule has 0 bridgehead atoms. The lowest BCUT2D eigenvalue weighted by Gasteiger charge is -2.21. The fraction of sp³-hybridized carbons (Fsp3) is 0.429. The zero-order valence-corrected chi connectivity index (χ0v) is 12.4. The summed E-state index contributed by atoms with van der Waals surface area (Å²) >= 11 is 0. The molecule has 1 atom stereocenters. The molecule has 0 heterocycles. The third-order valence-electron chi connectivity index (χ3n) is 2.88. The van der Waals surface area contributed by atoms with Crippen LogP contribution >= 0.6 is 0 Å². The molecule has 0 aliphatic carbocycles. The Bertz CT molecular complexity index is 624. The van der Waals surface area contributed by atoms with Gasteiger partial charge in [-0.2, -0.15) is 10.5 Å². The largest absolute Gasteiger partial charge is 0.218 e. The Kier molecular flexibility index (Phi) is 5.69. The lowest BCUT2D eigenvalue weighted by Crippen LogP contribution is -2.35. The van der Waals surface area contributed by atoms with Gasteiger partial charge in [0.25, 0.3) is 0 Å². The Morgan fingerprint density at radius 2 is 1.85 bits per heavy atom. The van der Waals surface area contributed by atoms with E-state index in [1.54, 1.807) is 38.1 Å². The van der Waals surface area contributed by atoms with Crippen LogP contribution in [0.3, 0.4) is 0 Å². The first-order valence-electron chi connectivity index (χ1n) is 6.29. The molecule has 0 aromatic heterocycles. The fourth-order valence-electron chi connectivity index (χ4n) is 1.76. The second-order valence-corrected chi connectivity index (χ2v) is 6.51. The summed E-state index contributed by atoms with van der Waals surface area (Å²) in [6.45, 7) is 3.98. The van der Waals surface area contributed by atoms with Gasteiger partial charge in [-0.25, -0.2) is 12.7 Å². The summed E-state index contributed by atoms with van der Waals surface area (Å²) in [6, 6.07) is 10.5. The van der Waals surface area contributed by atoms with Crippen molar-refractivity contribution in [2.24, 2.45) is 5.92 Å². The molecular weight excluding hydrogens is 274 g/mol. The quantitative estimate of drug-likeness (QED) is 0.800. The van der Waals surface area contributed by atoms with Gasteiger partial charge in [0, 0.05) is 13.1 Å². The number of rotatable bonds is 6. The zero-order valence-electron chi connectivity index (χ0n) is 11.6. The molecule has 1 aromatic carbocycles. The first kappa shape index (κ1) is 16.2. The molecule has 0 spiro atoms. The Morgan fingerprint density at radius 3 is 2.30 bits per heavy atom. The lowest BCUT2D eigenvalue weighted by atomic mass is 10.2. The maximum atomic E-state index is 12.3. The van der Waals surface area contributed by atoms with Crippen LogP contribution < -0.4 is 0 Å². The summed E-state index contributed by atoms with van der Waals surface area (Å²) in [6.07, 6.45) is 0. The highest BCUT2D eigenvalue weighted by Gasteiger charge is 2.22. The molecule has 0 aliphatic rings. The van der Waals surface area contributed by atoms with E-state index in [1.807, 2.05) is 12.1 Å². The monoisotopic (exact) mass is 291 g/mol. The van der Waals surface area contributed by atoms with Crippen LogP contribution in [-0.4, -0.2) is 25.8 Å². The molecule has 0 saturated carbocycles.